The largest absolute Gasteiger partial charge is 0.416 e. The van der Waals surface area contributed by atoms with Gasteiger partial charge in [-0.1, -0.05) is 39.8 Å². The molecule has 1 unspecified atom stereocenters. The van der Waals surface area contributed by atoms with Gasteiger partial charge in [0.25, 0.3) is 5.91 Å². The number of rotatable bonds is 7. The number of halogens is 4. The van der Waals surface area contributed by atoms with Gasteiger partial charge in [-0.3, -0.25) is 4.79 Å². The standard InChI is InChI=1S/C26H30F4N4O3S2.H2S/c1-13(2)20-17(11-18(35)34-39(31,37)19-12-32-24(38-19)25(5,6)36)22(14(3)4)33-23(21(20)27)15-8-7-9-16(10-15)26(28,29)30;/h7-10,12-14,36H,11H2,1-6H3,(H2,31,34,35,37);1H2. The molecule has 3 aromatic rings. The Morgan fingerprint density at radius 1 is 1.18 bits per heavy atom. The monoisotopic (exact) mass is 620 g/mol. The third-order valence-corrected chi connectivity index (χ3v) is 8.99. The molecule has 40 heavy (non-hydrogen) atoms. The van der Waals surface area contributed by atoms with Crippen molar-refractivity contribution < 1.29 is 31.7 Å². The molecule has 0 saturated carbocycles. The summed E-state index contributed by atoms with van der Waals surface area (Å²) >= 11 is 0.856. The van der Waals surface area contributed by atoms with Gasteiger partial charge < -0.3 is 5.11 Å². The van der Waals surface area contributed by atoms with Crippen LogP contribution in [0.2, 0.25) is 0 Å². The highest BCUT2D eigenvalue weighted by molar-refractivity contribution is 7.93. The van der Waals surface area contributed by atoms with Gasteiger partial charge in [0.1, 0.15) is 20.5 Å². The number of amides is 1. The van der Waals surface area contributed by atoms with E-state index in [1.54, 1.807) is 27.7 Å². The van der Waals surface area contributed by atoms with E-state index in [1.165, 1.54) is 32.2 Å². The molecule has 0 aliphatic heterocycles. The van der Waals surface area contributed by atoms with E-state index >= 15 is 4.39 Å². The maximum atomic E-state index is 15.9. The molecule has 0 spiro atoms. The lowest BCUT2D eigenvalue weighted by molar-refractivity contribution is -0.137. The fourth-order valence-corrected chi connectivity index (χ4v) is 6.13. The molecule has 1 amide bonds. The zero-order valence-corrected chi connectivity index (χ0v) is 25.4. The van der Waals surface area contributed by atoms with Gasteiger partial charge in [-0.2, -0.15) is 26.7 Å². The normalized spacial score (nSPS) is 13.8. The minimum atomic E-state index is -4.62. The molecule has 2 aromatic heterocycles. The third-order valence-electron chi connectivity index (χ3n) is 5.76. The summed E-state index contributed by atoms with van der Waals surface area (Å²) in [5.41, 5.74) is -1.93. The summed E-state index contributed by atoms with van der Waals surface area (Å²) in [6.45, 7) is 9.86. The van der Waals surface area contributed by atoms with Crippen molar-refractivity contribution in [3.8, 4) is 11.3 Å². The molecule has 0 saturated heterocycles. The Morgan fingerprint density at radius 2 is 1.80 bits per heavy atom. The van der Waals surface area contributed by atoms with Crippen molar-refractivity contribution in [3.63, 3.8) is 0 Å². The van der Waals surface area contributed by atoms with E-state index in [4.69, 9.17) is 5.14 Å². The van der Waals surface area contributed by atoms with Crippen LogP contribution in [0.4, 0.5) is 17.6 Å². The highest BCUT2D eigenvalue weighted by atomic mass is 32.2. The van der Waals surface area contributed by atoms with Gasteiger partial charge in [-0.15, -0.1) is 15.7 Å². The number of aliphatic hydroxyl groups is 1. The molecular formula is C26H32F4N4O3S3. The van der Waals surface area contributed by atoms with Crippen molar-refractivity contribution in [2.75, 3.05) is 0 Å². The van der Waals surface area contributed by atoms with E-state index in [0.717, 1.165) is 23.5 Å². The summed E-state index contributed by atoms with van der Waals surface area (Å²) in [6, 6.07) is 4.25. The number of aromatic nitrogens is 2. The number of alkyl halides is 3. The lowest BCUT2D eigenvalue weighted by Crippen LogP contribution is -2.18. The lowest BCUT2D eigenvalue weighted by Gasteiger charge is -2.21. The Bertz CT molecular complexity index is 1520. The number of carbonyl (C=O) groups is 1. The number of hydrogen-bond donors (Lipinski definition) is 2. The number of hydrogen-bond acceptors (Lipinski definition) is 6. The van der Waals surface area contributed by atoms with Crippen LogP contribution in [-0.2, 0) is 32.9 Å². The molecule has 0 aliphatic rings. The number of thiazole rings is 1. The molecule has 14 heteroatoms. The van der Waals surface area contributed by atoms with Crippen LogP contribution >= 0.6 is 24.8 Å². The Balaban J connectivity index is 0.00000560. The van der Waals surface area contributed by atoms with Crippen molar-refractivity contribution in [2.24, 2.45) is 9.50 Å². The maximum absolute atomic E-state index is 15.9. The minimum absolute atomic E-state index is 0. The molecule has 0 fully saturated rings. The van der Waals surface area contributed by atoms with Crippen LogP contribution in [0.25, 0.3) is 11.3 Å². The van der Waals surface area contributed by atoms with E-state index in [1.807, 2.05) is 0 Å². The van der Waals surface area contributed by atoms with Crippen LogP contribution in [0.5, 0.6) is 0 Å². The maximum Gasteiger partial charge on any atom is 0.416 e. The predicted molar refractivity (Wildman–Crippen MR) is 152 cm³/mol. The Kier molecular flexibility index (Phi) is 10.3. The van der Waals surface area contributed by atoms with Gasteiger partial charge in [0.15, 0.2) is 15.7 Å². The summed E-state index contributed by atoms with van der Waals surface area (Å²) in [5.74, 6) is -2.55. The van der Waals surface area contributed by atoms with E-state index in [9.17, 15) is 27.3 Å². The third kappa shape index (κ3) is 7.46. The molecule has 3 N–H and O–H groups in total. The summed E-state index contributed by atoms with van der Waals surface area (Å²) in [4.78, 5) is 21.4. The molecule has 0 bridgehead atoms. The molecule has 220 valence electrons. The number of benzene rings is 1. The SMILES string of the molecule is CC(C)c1nc(-c2cccc(C(F)(F)F)c2)c(F)c(C(C)C)c1CC(=O)N=S(N)(=O)c1cnc(C(C)(C)O)s1.S. The first kappa shape index (κ1) is 33.8. The summed E-state index contributed by atoms with van der Waals surface area (Å²) < 4.78 is 72.6. The molecule has 3 rings (SSSR count). The molecule has 0 aliphatic carbocycles. The first-order valence-electron chi connectivity index (χ1n) is 12.0. The summed E-state index contributed by atoms with van der Waals surface area (Å²) in [5, 5.41) is 16.2. The second kappa shape index (κ2) is 12.2. The highest BCUT2D eigenvalue weighted by Crippen LogP contribution is 2.37. The first-order chi connectivity index (χ1) is 17.8. The van der Waals surface area contributed by atoms with Crippen LogP contribution in [0, 0.1) is 5.82 Å². The van der Waals surface area contributed by atoms with Crippen molar-refractivity contribution in [2.45, 2.75) is 75.8 Å². The van der Waals surface area contributed by atoms with E-state index in [2.05, 4.69) is 14.3 Å². The number of pyridine rings is 1. The summed E-state index contributed by atoms with van der Waals surface area (Å²) in [6.07, 6.45) is -3.91. The predicted octanol–water partition coefficient (Wildman–Crippen LogP) is 6.42. The fraction of sp³-hybridized carbons (Fsp3) is 0.423. The van der Waals surface area contributed by atoms with Crippen LogP contribution in [0.1, 0.15) is 80.8 Å². The number of carbonyl (C=O) groups excluding carboxylic acids is 1. The van der Waals surface area contributed by atoms with E-state index < -0.39 is 51.3 Å². The van der Waals surface area contributed by atoms with Crippen molar-refractivity contribution in [1.82, 2.24) is 9.97 Å². The topological polar surface area (TPSA) is 119 Å². The van der Waals surface area contributed by atoms with Crippen molar-refractivity contribution in [1.29, 1.82) is 0 Å². The second-order valence-corrected chi connectivity index (χ2v) is 13.3. The quantitative estimate of drug-likeness (QED) is 0.296. The Labute approximate surface area is 242 Å². The smallest absolute Gasteiger partial charge is 0.383 e. The molecular weight excluding hydrogens is 589 g/mol. The van der Waals surface area contributed by atoms with Crippen LogP contribution < -0.4 is 5.14 Å². The molecule has 2 heterocycles. The second-order valence-electron chi connectivity index (χ2n) is 10.2. The van der Waals surface area contributed by atoms with Gasteiger partial charge in [-0.05, 0) is 48.9 Å². The first-order valence-corrected chi connectivity index (χ1v) is 14.4. The Hall–Kier alpha value is -2.39. The average Bonchev–Trinajstić information content (AvgIpc) is 3.30. The van der Waals surface area contributed by atoms with E-state index in [-0.39, 0.29) is 51.0 Å². The van der Waals surface area contributed by atoms with Crippen LogP contribution in [-0.4, -0.2) is 25.2 Å². The molecule has 0 radical (unpaired) electrons. The van der Waals surface area contributed by atoms with E-state index in [0.29, 0.717) is 5.69 Å². The average molecular weight is 621 g/mol. The van der Waals surface area contributed by atoms with Gasteiger partial charge in [0, 0.05) is 11.3 Å². The van der Waals surface area contributed by atoms with Gasteiger partial charge in [-0.25, -0.2) is 23.7 Å². The van der Waals surface area contributed by atoms with Gasteiger partial charge in [0.2, 0.25) is 0 Å². The molecule has 1 atom stereocenters. The van der Waals surface area contributed by atoms with Crippen molar-refractivity contribution >= 4 is 40.7 Å². The zero-order chi connectivity index (χ0) is 29.5. The molecule has 1 aromatic carbocycles. The van der Waals surface area contributed by atoms with Crippen LogP contribution in [0.3, 0.4) is 0 Å². The highest BCUT2D eigenvalue weighted by Gasteiger charge is 2.32. The number of nitrogens with zero attached hydrogens (tertiary/aromatic N) is 3. The fourth-order valence-electron chi connectivity index (χ4n) is 3.99. The van der Waals surface area contributed by atoms with Gasteiger partial charge >= 0.3 is 6.18 Å². The molecule has 7 nitrogen and oxygen atoms in total. The zero-order valence-electron chi connectivity index (χ0n) is 22.8. The number of nitrogens with two attached hydrogens (primary N) is 1. The summed E-state index contributed by atoms with van der Waals surface area (Å²) in [7, 11) is -3.72. The van der Waals surface area contributed by atoms with Crippen molar-refractivity contribution in [3.05, 3.63) is 63.7 Å². The lowest BCUT2D eigenvalue weighted by atomic mass is 9.88. The Morgan fingerprint density at radius 3 is 2.30 bits per heavy atom. The minimum Gasteiger partial charge on any atom is -0.383 e. The van der Waals surface area contributed by atoms with Crippen LogP contribution in [0.15, 0.2) is 39.0 Å². The van der Waals surface area contributed by atoms with Gasteiger partial charge in [0.05, 0.1) is 18.2 Å².